The number of hydrogen-bond donors (Lipinski definition) is 1. The molecule has 1 fully saturated rings. The van der Waals surface area contributed by atoms with Crippen molar-refractivity contribution in [1.29, 1.82) is 0 Å². The molecular weight excluding hydrogens is 230 g/mol. The monoisotopic (exact) mass is 257 g/mol. The minimum absolute atomic E-state index is 0.246. The first-order valence-corrected chi connectivity index (χ1v) is 8.35. The van der Waals surface area contributed by atoms with Crippen molar-refractivity contribution in [3.05, 3.63) is 0 Å². The van der Waals surface area contributed by atoms with E-state index < -0.39 is 0 Å². The second-order valence-corrected chi connectivity index (χ2v) is 6.12. The van der Waals surface area contributed by atoms with Crippen LogP contribution in [-0.2, 0) is 4.79 Å². The van der Waals surface area contributed by atoms with Crippen LogP contribution < -0.4 is 5.32 Å². The number of carbonyl (C=O) groups is 1. The summed E-state index contributed by atoms with van der Waals surface area (Å²) in [4.78, 5) is 11.6. The summed E-state index contributed by atoms with van der Waals surface area (Å²) in [6.45, 7) is 2.24. The minimum atomic E-state index is 0.246. The smallest absolute Gasteiger partial charge is 0.230 e. The lowest BCUT2D eigenvalue weighted by atomic mass is 10.2. The van der Waals surface area contributed by atoms with E-state index in [1.807, 2.05) is 0 Å². The van der Waals surface area contributed by atoms with Gasteiger partial charge in [0, 0.05) is 6.04 Å². The van der Waals surface area contributed by atoms with Gasteiger partial charge in [-0.05, 0) is 25.0 Å². The molecule has 17 heavy (non-hydrogen) atoms. The average Bonchev–Trinajstić information content (AvgIpc) is 2.80. The van der Waals surface area contributed by atoms with Crippen LogP contribution in [0.4, 0.5) is 0 Å². The number of carbonyl (C=O) groups excluding carboxylic acids is 1. The van der Waals surface area contributed by atoms with Crippen molar-refractivity contribution in [2.45, 2.75) is 70.8 Å². The Hall–Kier alpha value is -0.180. The van der Waals surface area contributed by atoms with E-state index in [4.69, 9.17) is 0 Å². The van der Waals surface area contributed by atoms with Crippen molar-refractivity contribution in [2.75, 3.05) is 11.5 Å². The zero-order chi connectivity index (χ0) is 12.3. The van der Waals surface area contributed by atoms with Crippen molar-refractivity contribution in [3.8, 4) is 0 Å². The van der Waals surface area contributed by atoms with Crippen molar-refractivity contribution in [2.24, 2.45) is 0 Å². The quantitative estimate of drug-likeness (QED) is 0.637. The second-order valence-electron chi connectivity index (χ2n) is 5.02. The number of nitrogens with one attached hydrogen (secondary N) is 1. The van der Waals surface area contributed by atoms with Gasteiger partial charge in [0.25, 0.3) is 0 Å². The van der Waals surface area contributed by atoms with Crippen molar-refractivity contribution in [3.63, 3.8) is 0 Å². The van der Waals surface area contributed by atoms with Crippen LogP contribution in [-0.4, -0.2) is 23.5 Å². The van der Waals surface area contributed by atoms with E-state index >= 15 is 0 Å². The molecular formula is C14H27NOS. The number of hydrogen-bond acceptors (Lipinski definition) is 2. The first-order valence-electron chi connectivity index (χ1n) is 7.20. The fourth-order valence-electron chi connectivity index (χ4n) is 2.31. The Labute approximate surface area is 110 Å². The van der Waals surface area contributed by atoms with Gasteiger partial charge >= 0.3 is 0 Å². The summed E-state index contributed by atoms with van der Waals surface area (Å²) in [5, 5.41) is 3.13. The lowest BCUT2D eigenvalue weighted by Crippen LogP contribution is -2.33. The molecule has 3 heteroatoms. The Balaban J connectivity index is 1.86. The molecule has 100 valence electrons. The predicted molar refractivity (Wildman–Crippen MR) is 76.5 cm³/mol. The van der Waals surface area contributed by atoms with E-state index in [2.05, 4.69) is 12.2 Å². The van der Waals surface area contributed by atoms with Gasteiger partial charge in [-0.15, -0.1) is 0 Å². The highest BCUT2D eigenvalue weighted by molar-refractivity contribution is 7.99. The maximum absolute atomic E-state index is 11.6. The Morgan fingerprint density at radius 1 is 1.18 bits per heavy atom. The molecule has 0 spiro atoms. The van der Waals surface area contributed by atoms with Crippen LogP contribution in [0.2, 0.25) is 0 Å². The zero-order valence-corrected chi connectivity index (χ0v) is 12.0. The summed E-state index contributed by atoms with van der Waals surface area (Å²) in [7, 11) is 0. The van der Waals surface area contributed by atoms with Crippen molar-refractivity contribution >= 4 is 17.7 Å². The summed E-state index contributed by atoms with van der Waals surface area (Å²) in [6, 6.07) is 0.479. The van der Waals surface area contributed by atoms with Gasteiger partial charge in [-0.2, -0.15) is 11.8 Å². The third kappa shape index (κ3) is 7.69. The molecule has 0 aromatic carbocycles. The molecule has 0 aliphatic heterocycles. The molecule has 1 aliphatic carbocycles. The summed E-state index contributed by atoms with van der Waals surface area (Å²) in [5.74, 6) is 2.04. The maximum Gasteiger partial charge on any atom is 0.230 e. The highest BCUT2D eigenvalue weighted by atomic mass is 32.2. The third-order valence-corrected chi connectivity index (χ3v) is 4.39. The Kier molecular flexibility index (Phi) is 8.59. The molecule has 0 radical (unpaired) electrons. The van der Waals surface area contributed by atoms with E-state index in [9.17, 15) is 4.79 Å². The summed E-state index contributed by atoms with van der Waals surface area (Å²) in [6.07, 6.45) is 11.5. The molecule has 0 unspecified atom stereocenters. The highest BCUT2D eigenvalue weighted by Gasteiger charge is 2.16. The molecule has 1 amide bonds. The first-order chi connectivity index (χ1) is 8.33. The first kappa shape index (κ1) is 14.9. The summed E-state index contributed by atoms with van der Waals surface area (Å²) < 4.78 is 0. The topological polar surface area (TPSA) is 29.1 Å². The van der Waals surface area contributed by atoms with Crippen LogP contribution in [0.3, 0.4) is 0 Å². The van der Waals surface area contributed by atoms with Crippen molar-refractivity contribution in [1.82, 2.24) is 5.32 Å². The number of thioether (sulfide) groups is 1. The van der Waals surface area contributed by atoms with Gasteiger partial charge < -0.3 is 5.32 Å². The number of amides is 1. The highest BCUT2D eigenvalue weighted by Crippen LogP contribution is 2.17. The van der Waals surface area contributed by atoms with Gasteiger partial charge in [0.15, 0.2) is 0 Å². The second kappa shape index (κ2) is 9.81. The van der Waals surface area contributed by atoms with Gasteiger partial charge in [0.2, 0.25) is 5.91 Å². The fraction of sp³-hybridized carbons (Fsp3) is 0.929. The Bertz CT molecular complexity index is 202. The maximum atomic E-state index is 11.6. The van der Waals surface area contributed by atoms with Crippen LogP contribution >= 0.6 is 11.8 Å². The average molecular weight is 257 g/mol. The standard InChI is InChI=1S/C14H27NOS/c1-2-3-4-5-8-11-17-12-14(16)15-13-9-6-7-10-13/h13H,2-12H2,1H3,(H,15,16). The Morgan fingerprint density at radius 2 is 1.88 bits per heavy atom. The van der Waals surface area contributed by atoms with Crippen LogP contribution in [0.15, 0.2) is 0 Å². The molecule has 1 N–H and O–H groups in total. The molecule has 1 saturated carbocycles. The van der Waals surface area contributed by atoms with E-state index in [1.165, 1.54) is 57.8 Å². The normalized spacial score (nSPS) is 16.3. The number of rotatable bonds is 9. The van der Waals surface area contributed by atoms with Gasteiger partial charge in [-0.1, -0.05) is 45.4 Å². The largest absolute Gasteiger partial charge is 0.353 e. The van der Waals surface area contributed by atoms with Crippen molar-refractivity contribution < 1.29 is 4.79 Å². The van der Waals surface area contributed by atoms with Crippen LogP contribution in [0.25, 0.3) is 0 Å². The van der Waals surface area contributed by atoms with E-state index in [1.54, 1.807) is 11.8 Å². The lowest BCUT2D eigenvalue weighted by molar-refractivity contribution is -0.119. The van der Waals surface area contributed by atoms with E-state index in [0.717, 1.165) is 5.75 Å². The molecule has 1 rings (SSSR count). The molecule has 2 nitrogen and oxygen atoms in total. The van der Waals surface area contributed by atoms with Crippen LogP contribution in [0.5, 0.6) is 0 Å². The van der Waals surface area contributed by atoms with Gasteiger partial charge in [-0.3, -0.25) is 4.79 Å². The minimum Gasteiger partial charge on any atom is -0.353 e. The molecule has 0 aromatic heterocycles. The van der Waals surface area contributed by atoms with Crippen LogP contribution in [0, 0.1) is 0 Å². The predicted octanol–water partition coefficient (Wildman–Crippen LogP) is 3.75. The Morgan fingerprint density at radius 3 is 2.59 bits per heavy atom. The van der Waals surface area contributed by atoms with Crippen LogP contribution in [0.1, 0.15) is 64.7 Å². The molecule has 0 aromatic rings. The molecule has 0 saturated heterocycles. The van der Waals surface area contributed by atoms with Gasteiger partial charge in [0.05, 0.1) is 5.75 Å². The van der Waals surface area contributed by atoms with Gasteiger partial charge in [0.1, 0.15) is 0 Å². The molecule has 0 bridgehead atoms. The van der Waals surface area contributed by atoms with E-state index in [0.29, 0.717) is 11.8 Å². The third-order valence-electron chi connectivity index (χ3n) is 3.35. The SMILES string of the molecule is CCCCCCCSCC(=O)NC1CCCC1. The van der Waals surface area contributed by atoms with Gasteiger partial charge in [-0.25, -0.2) is 0 Å². The number of unbranched alkanes of at least 4 members (excludes halogenated alkanes) is 4. The van der Waals surface area contributed by atoms with E-state index in [-0.39, 0.29) is 5.91 Å². The lowest BCUT2D eigenvalue weighted by Gasteiger charge is -2.11. The summed E-state index contributed by atoms with van der Waals surface area (Å²) in [5.41, 5.74) is 0. The molecule has 0 heterocycles. The summed E-state index contributed by atoms with van der Waals surface area (Å²) >= 11 is 1.79. The molecule has 0 atom stereocenters. The fourth-order valence-corrected chi connectivity index (χ4v) is 3.13. The molecule has 1 aliphatic rings. The zero-order valence-electron chi connectivity index (χ0n) is 11.2.